The molecule has 1 saturated heterocycles. The molecule has 1 rings (SSSR count). The summed E-state index contributed by atoms with van der Waals surface area (Å²) in [6.07, 6.45) is 18.0. The molecule has 0 aromatic rings. The second-order valence-corrected chi connectivity index (χ2v) is 7.91. The number of aliphatic hydroxyl groups excluding tert-OH is 1. The monoisotopic (exact) mass is 415 g/mol. The molecular formula is C24H49NO4. The molecule has 1 amide bonds. The summed E-state index contributed by atoms with van der Waals surface area (Å²) < 4.78 is 9.88. The van der Waals surface area contributed by atoms with Gasteiger partial charge in [-0.05, 0) is 26.2 Å². The molecular weight excluding hydrogens is 366 g/mol. The van der Waals surface area contributed by atoms with Gasteiger partial charge in [0.1, 0.15) is 0 Å². The second kappa shape index (κ2) is 23.6. The maximum Gasteiger partial charge on any atom is 0.222 e. The second-order valence-electron chi connectivity index (χ2n) is 7.91. The maximum absolute atomic E-state index is 11.8. The highest BCUT2D eigenvalue weighted by Crippen LogP contribution is 2.14. The lowest BCUT2D eigenvalue weighted by Crippen LogP contribution is -2.31. The Bertz CT molecular complexity index is 333. The number of hydrogen-bond acceptors (Lipinski definition) is 4. The van der Waals surface area contributed by atoms with E-state index in [9.17, 15) is 4.79 Å². The molecule has 1 heterocycles. The number of hydrogen-bond donors (Lipinski definition) is 1. The van der Waals surface area contributed by atoms with Crippen LogP contribution < -0.4 is 0 Å². The fourth-order valence-corrected chi connectivity index (χ4v) is 3.49. The average molecular weight is 416 g/mol. The summed E-state index contributed by atoms with van der Waals surface area (Å²) in [6, 6.07) is 0. The van der Waals surface area contributed by atoms with Crippen LogP contribution in [-0.4, -0.2) is 62.0 Å². The van der Waals surface area contributed by atoms with Crippen LogP contribution in [0.25, 0.3) is 0 Å². The topological polar surface area (TPSA) is 59.0 Å². The first kappa shape index (κ1) is 28.4. The van der Waals surface area contributed by atoms with E-state index in [-0.39, 0.29) is 6.61 Å². The summed E-state index contributed by atoms with van der Waals surface area (Å²) in [6.45, 7) is 8.65. The van der Waals surface area contributed by atoms with E-state index in [2.05, 4.69) is 11.8 Å². The lowest BCUT2D eigenvalue weighted by Gasteiger charge is -2.20. The van der Waals surface area contributed by atoms with Gasteiger partial charge in [0.25, 0.3) is 0 Å². The molecule has 174 valence electrons. The number of ether oxygens (including phenoxy) is 2. The Kier molecular flexibility index (Phi) is 23.1. The minimum absolute atomic E-state index is 0.0894. The Morgan fingerprint density at radius 1 is 0.793 bits per heavy atom. The van der Waals surface area contributed by atoms with Gasteiger partial charge >= 0.3 is 0 Å². The molecule has 0 radical (unpaired) electrons. The van der Waals surface area contributed by atoms with Gasteiger partial charge in [0.15, 0.2) is 0 Å². The highest BCUT2D eigenvalue weighted by Gasteiger charge is 2.15. The van der Waals surface area contributed by atoms with Crippen LogP contribution in [0.1, 0.15) is 104 Å². The van der Waals surface area contributed by atoms with Crippen molar-refractivity contribution in [2.75, 3.05) is 46.1 Å². The normalized spacial score (nSPS) is 14.4. The van der Waals surface area contributed by atoms with Crippen LogP contribution in [0.4, 0.5) is 0 Å². The Hall–Kier alpha value is -0.650. The first-order valence-electron chi connectivity index (χ1n) is 12.3. The Balaban J connectivity index is 0.000000734. The van der Waals surface area contributed by atoms with Crippen LogP contribution in [0, 0.1) is 0 Å². The third-order valence-electron chi connectivity index (χ3n) is 5.26. The minimum atomic E-state index is 0.0894. The van der Waals surface area contributed by atoms with Crippen LogP contribution in [0.15, 0.2) is 0 Å². The predicted molar refractivity (Wildman–Crippen MR) is 121 cm³/mol. The van der Waals surface area contributed by atoms with E-state index in [1.165, 1.54) is 77.0 Å². The molecule has 29 heavy (non-hydrogen) atoms. The fourth-order valence-electron chi connectivity index (χ4n) is 3.49. The third kappa shape index (κ3) is 20.4. The molecule has 0 unspecified atom stereocenters. The first-order chi connectivity index (χ1) is 14.3. The maximum atomic E-state index is 11.8. The molecule has 5 heteroatoms. The number of carbonyl (C=O) groups is 1. The van der Waals surface area contributed by atoms with E-state index in [4.69, 9.17) is 14.6 Å². The molecule has 0 aromatic heterocycles. The molecule has 1 N–H and O–H groups in total. The van der Waals surface area contributed by atoms with E-state index in [0.29, 0.717) is 25.7 Å². The van der Waals surface area contributed by atoms with Gasteiger partial charge in [-0.25, -0.2) is 0 Å². The Morgan fingerprint density at radius 3 is 2.03 bits per heavy atom. The van der Waals surface area contributed by atoms with E-state index in [1.807, 2.05) is 6.92 Å². The number of carbonyl (C=O) groups excluding carboxylic acids is 1. The molecule has 0 atom stereocenters. The zero-order valence-corrected chi connectivity index (χ0v) is 19.5. The lowest BCUT2D eigenvalue weighted by atomic mass is 10.1. The minimum Gasteiger partial charge on any atom is -0.394 e. The van der Waals surface area contributed by atoms with Gasteiger partial charge in [-0.15, -0.1) is 0 Å². The molecule has 0 saturated carbocycles. The van der Waals surface area contributed by atoms with Crippen molar-refractivity contribution in [3.8, 4) is 0 Å². The van der Waals surface area contributed by atoms with Crippen molar-refractivity contribution in [2.45, 2.75) is 104 Å². The number of likely N-dealkylation sites (tertiary alicyclic amines) is 1. The third-order valence-corrected chi connectivity index (χ3v) is 5.26. The van der Waals surface area contributed by atoms with Crippen molar-refractivity contribution < 1.29 is 19.4 Å². The number of aliphatic hydroxyl groups is 1. The van der Waals surface area contributed by atoms with Crippen molar-refractivity contribution in [1.29, 1.82) is 0 Å². The van der Waals surface area contributed by atoms with Gasteiger partial charge in [-0.3, -0.25) is 4.79 Å². The smallest absolute Gasteiger partial charge is 0.222 e. The quantitative estimate of drug-likeness (QED) is 0.326. The molecule has 1 fully saturated rings. The van der Waals surface area contributed by atoms with Gasteiger partial charge < -0.3 is 19.5 Å². The molecule has 5 nitrogen and oxygen atoms in total. The molecule has 0 aliphatic carbocycles. The summed E-state index contributed by atoms with van der Waals surface area (Å²) in [4.78, 5) is 13.9. The van der Waals surface area contributed by atoms with Gasteiger partial charge in [-0.2, -0.15) is 0 Å². The Morgan fingerprint density at radius 2 is 1.41 bits per heavy atom. The zero-order valence-electron chi connectivity index (χ0n) is 19.5. The van der Waals surface area contributed by atoms with Crippen molar-refractivity contribution in [1.82, 2.24) is 4.90 Å². The first-order valence-corrected chi connectivity index (χ1v) is 12.3. The van der Waals surface area contributed by atoms with Gasteiger partial charge in [-0.1, -0.05) is 71.1 Å². The van der Waals surface area contributed by atoms with Gasteiger partial charge in [0, 0.05) is 26.1 Å². The van der Waals surface area contributed by atoms with Crippen LogP contribution in [0.3, 0.4) is 0 Å². The molecule has 0 spiro atoms. The Labute approximate surface area is 180 Å². The van der Waals surface area contributed by atoms with Gasteiger partial charge in [0.05, 0.1) is 26.4 Å². The van der Waals surface area contributed by atoms with Crippen molar-refractivity contribution in [3.05, 3.63) is 0 Å². The SMILES string of the molecule is CCCCCCCCCCCCN1CCCCCC1=O.CCOCCOCCO. The van der Waals surface area contributed by atoms with Crippen molar-refractivity contribution >= 4 is 5.91 Å². The molecule has 0 aromatic carbocycles. The highest BCUT2D eigenvalue weighted by molar-refractivity contribution is 5.76. The van der Waals surface area contributed by atoms with E-state index < -0.39 is 0 Å². The van der Waals surface area contributed by atoms with Gasteiger partial charge in [0.2, 0.25) is 5.91 Å². The number of nitrogens with zero attached hydrogens (tertiary/aromatic N) is 1. The number of rotatable bonds is 17. The zero-order chi connectivity index (χ0) is 21.4. The van der Waals surface area contributed by atoms with E-state index >= 15 is 0 Å². The molecule has 1 aliphatic heterocycles. The number of amides is 1. The van der Waals surface area contributed by atoms with Crippen LogP contribution in [0.5, 0.6) is 0 Å². The van der Waals surface area contributed by atoms with E-state index in [0.717, 1.165) is 32.5 Å². The fraction of sp³-hybridized carbons (Fsp3) is 0.958. The van der Waals surface area contributed by atoms with Crippen LogP contribution in [-0.2, 0) is 14.3 Å². The van der Waals surface area contributed by atoms with Crippen molar-refractivity contribution in [2.24, 2.45) is 0 Å². The predicted octanol–water partition coefficient (Wildman–Crippen LogP) is 5.34. The summed E-state index contributed by atoms with van der Waals surface area (Å²) >= 11 is 0. The summed E-state index contributed by atoms with van der Waals surface area (Å²) in [5, 5.41) is 8.26. The van der Waals surface area contributed by atoms with Crippen LogP contribution >= 0.6 is 0 Å². The standard InChI is InChI=1S/C18H35NO.C6H14O3/c1-2-3-4-5-6-7-8-9-10-13-16-19-17-14-11-12-15-18(19)20;1-2-8-5-6-9-4-3-7/h2-17H2,1H3;7H,2-6H2,1H3. The van der Waals surface area contributed by atoms with Crippen molar-refractivity contribution in [3.63, 3.8) is 0 Å². The largest absolute Gasteiger partial charge is 0.394 e. The number of unbranched alkanes of at least 4 members (excludes halogenated alkanes) is 9. The average Bonchev–Trinajstić information content (AvgIpc) is 2.94. The highest BCUT2D eigenvalue weighted by atomic mass is 16.5. The molecule has 1 aliphatic rings. The summed E-state index contributed by atoms with van der Waals surface area (Å²) in [5.74, 6) is 0.401. The van der Waals surface area contributed by atoms with Crippen LogP contribution in [0.2, 0.25) is 0 Å². The lowest BCUT2D eigenvalue weighted by molar-refractivity contribution is -0.130. The van der Waals surface area contributed by atoms with E-state index in [1.54, 1.807) is 0 Å². The molecule has 0 bridgehead atoms. The summed E-state index contributed by atoms with van der Waals surface area (Å²) in [5.41, 5.74) is 0. The summed E-state index contributed by atoms with van der Waals surface area (Å²) in [7, 11) is 0.